The van der Waals surface area contributed by atoms with Gasteiger partial charge < -0.3 is 5.11 Å². The third-order valence-electron chi connectivity index (χ3n) is 3.03. The molecule has 1 aromatic carbocycles. The van der Waals surface area contributed by atoms with Crippen LogP contribution >= 0.6 is 27.5 Å². The normalized spacial score (nSPS) is 12.4. The number of benzene rings is 1. The quantitative estimate of drug-likeness (QED) is 0.898. The molecule has 0 aliphatic carbocycles. The molecule has 0 aliphatic rings. The third kappa shape index (κ3) is 3.78. The Kier molecular flexibility index (Phi) is 4.97. The summed E-state index contributed by atoms with van der Waals surface area (Å²) in [7, 11) is 0. The number of aliphatic hydroxyl groups is 1. The van der Waals surface area contributed by atoms with E-state index < -0.39 is 6.10 Å². The molecule has 100 valence electrons. The Bertz CT molecular complexity index is 557. The summed E-state index contributed by atoms with van der Waals surface area (Å²) in [5, 5.41) is 10.8. The maximum Gasteiger partial charge on any atom is 0.0846 e. The van der Waals surface area contributed by atoms with Crippen molar-refractivity contribution in [2.75, 3.05) is 0 Å². The van der Waals surface area contributed by atoms with Crippen LogP contribution in [0.25, 0.3) is 0 Å². The van der Waals surface area contributed by atoms with Crippen LogP contribution in [-0.4, -0.2) is 10.1 Å². The summed E-state index contributed by atoms with van der Waals surface area (Å²) in [4.78, 5) is 4.35. The highest BCUT2D eigenvalue weighted by Crippen LogP contribution is 2.27. The summed E-state index contributed by atoms with van der Waals surface area (Å²) in [6.07, 6.45) is 2.72. The molecule has 2 rings (SSSR count). The van der Waals surface area contributed by atoms with E-state index in [4.69, 9.17) is 11.6 Å². The van der Waals surface area contributed by atoms with E-state index in [9.17, 15) is 5.11 Å². The monoisotopic (exact) mass is 339 g/mol. The molecule has 0 fully saturated rings. The second kappa shape index (κ2) is 6.51. The molecule has 0 amide bonds. The SMILES string of the molecule is CCc1ccc(CC(O)c2ccc(Br)c(Cl)c2)nc1. The summed E-state index contributed by atoms with van der Waals surface area (Å²) < 4.78 is 0.829. The smallest absolute Gasteiger partial charge is 0.0846 e. The molecule has 0 spiro atoms. The number of aromatic nitrogens is 1. The second-order valence-corrected chi connectivity index (χ2v) is 5.67. The van der Waals surface area contributed by atoms with Crippen molar-refractivity contribution >= 4 is 27.5 Å². The van der Waals surface area contributed by atoms with Gasteiger partial charge in [0.05, 0.1) is 11.1 Å². The molecule has 0 bridgehead atoms. The second-order valence-electron chi connectivity index (χ2n) is 4.40. The average molecular weight is 341 g/mol. The number of halogens is 2. The minimum absolute atomic E-state index is 0.488. The van der Waals surface area contributed by atoms with Crippen LogP contribution in [0.2, 0.25) is 5.02 Å². The van der Waals surface area contributed by atoms with Crippen LogP contribution in [0.5, 0.6) is 0 Å². The highest BCUT2D eigenvalue weighted by Gasteiger charge is 2.11. The fraction of sp³-hybridized carbons (Fsp3) is 0.267. The topological polar surface area (TPSA) is 33.1 Å². The minimum Gasteiger partial charge on any atom is -0.388 e. The zero-order valence-electron chi connectivity index (χ0n) is 10.6. The van der Waals surface area contributed by atoms with E-state index in [2.05, 4.69) is 27.8 Å². The van der Waals surface area contributed by atoms with Gasteiger partial charge in [-0.2, -0.15) is 0 Å². The number of aryl methyl sites for hydroxylation is 1. The molecular formula is C15H15BrClNO. The van der Waals surface area contributed by atoms with Gasteiger partial charge in [0.15, 0.2) is 0 Å². The van der Waals surface area contributed by atoms with Crippen molar-refractivity contribution in [2.45, 2.75) is 25.9 Å². The first-order valence-corrected chi connectivity index (χ1v) is 7.34. The van der Waals surface area contributed by atoms with E-state index in [1.54, 1.807) is 6.07 Å². The fourth-order valence-corrected chi connectivity index (χ4v) is 2.26. The van der Waals surface area contributed by atoms with Gasteiger partial charge in [-0.15, -0.1) is 0 Å². The first-order valence-electron chi connectivity index (χ1n) is 6.17. The summed E-state index contributed by atoms with van der Waals surface area (Å²) in [5.41, 5.74) is 2.88. The number of nitrogens with zero attached hydrogens (tertiary/aromatic N) is 1. The maximum atomic E-state index is 10.2. The molecule has 1 heterocycles. The Balaban J connectivity index is 2.10. The first-order chi connectivity index (χ1) is 9.10. The highest BCUT2D eigenvalue weighted by molar-refractivity contribution is 9.10. The molecule has 0 saturated heterocycles. The molecule has 2 nitrogen and oxygen atoms in total. The zero-order chi connectivity index (χ0) is 13.8. The Hall–Kier alpha value is -0.900. The Morgan fingerprint density at radius 3 is 2.68 bits per heavy atom. The van der Waals surface area contributed by atoms with Crippen LogP contribution in [0.3, 0.4) is 0 Å². The van der Waals surface area contributed by atoms with E-state index in [1.165, 1.54) is 5.56 Å². The van der Waals surface area contributed by atoms with Crippen LogP contribution in [0.1, 0.15) is 29.8 Å². The van der Waals surface area contributed by atoms with E-state index in [1.807, 2.05) is 30.5 Å². The fourth-order valence-electron chi connectivity index (χ4n) is 1.82. The predicted molar refractivity (Wildman–Crippen MR) is 81.4 cm³/mol. The van der Waals surface area contributed by atoms with Crippen molar-refractivity contribution in [2.24, 2.45) is 0 Å². The largest absolute Gasteiger partial charge is 0.388 e. The van der Waals surface area contributed by atoms with Crippen molar-refractivity contribution in [1.82, 2.24) is 4.98 Å². The van der Waals surface area contributed by atoms with Gasteiger partial charge in [-0.1, -0.05) is 30.7 Å². The van der Waals surface area contributed by atoms with Gasteiger partial charge in [0.1, 0.15) is 0 Å². The molecule has 1 aromatic heterocycles. The van der Waals surface area contributed by atoms with Crippen molar-refractivity contribution in [1.29, 1.82) is 0 Å². The number of aliphatic hydroxyl groups excluding tert-OH is 1. The lowest BCUT2D eigenvalue weighted by atomic mass is 10.0. The molecule has 0 aliphatic heterocycles. The van der Waals surface area contributed by atoms with Crippen LogP contribution in [-0.2, 0) is 12.8 Å². The van der Waals surface area contributed by atoms with Gasteiger partial charge >= 0.3 is 0 Å². The number of hydrogen-bond donors (Lipinski definition) is 1. The van der Waals surface area contributed by atoms with Gasteiger partial charge in [-0.25, -0.2) is 0 Å². The van der Waals surface area contributed by atoms with Gasteiger partial charge in [0.25, 0.3) is 0 Å². The molecule has 2 aromatic rings. The average Bonchev–Trinajstić information content (AvgIpc) is 2.42. The number of hydrogen-bond acceptors (Lipinski definition) is 2. The van der Waals surface area contributed by atoms with Gasteiger partial charge in [0, 0.05) is 22.8 Å². The summed E-state index contributed by atoms with van der Waals surface area (Å²) in [6.45, 7) is 2.09. The van der Waals surface area contributed by atoms with Gasteiger partial charge in [-0.3, -0.25) is 4.98 Å². The summed E-state index contributed by atoms with van der Waals surface area (Å²) >= 11 is 9.36. The van der Waals surface area contributed by atoms with Crippen LogP contribution < -0.4 is 0 Å². The maximum absolute atomic E-state index is 10.2. The number of pyridine rings is 1. The Labute approximate surface area is 126 Å². The van der Waals surface area contributed by atoms with Crippen molar-refractivity contribution in [3.8, 4) is 0 Å². The van der Waals surface area contributed by atoms with Crippen LogP contribution in [0.15, 0.2) is 41.0 Å². The molecule has 19 heavy (non-hydrogen) atoms. The first kappa shape index (κ1) is 14.5. The third-order valence-corrected chi connectivity index (χ3v) is 4.26. The van der Waals surface area contributed by atoms with Crippen LogP contribution in [0, 0.1) is 0 Å². The lowest BCUT2D eigenvalue weighted by Gasteiger charge is -2.11. The van der Waals surface area contributed by atoms with Crippen molar-refractivity contribution in [3.63, 3.8) is 0 Å². The Morgan fingerprint density at radius 2 is 2.11 bits per heavy atom. The lowest BCUT2D eigenvalue weighted by molar-refractivity contribution is 0.177. The highest BCUT2D eigenvalue weighted by atomic mass is 79.9. The van der Waals surface area contributed by atoms with E-state index in [0.717, 1.165) is 22.2 Å². The molecule has 0 saturated carbocycles. The Morgan fingerprint density at radius 1 is 1.32 bits per heavy atom. The number of rotatable bonds is 4. The molecule has 1 N–H and O–H groups in total. The van der Waals surface area contributed by atoms with Crippen molar-refractivity contribution < 1.29 is 5.11 Å². The van der Waals surface area contributed by atoms with Crippen LogP contribution in [0.4, 0.5) is 0 Å². The van der Waals surface area contributed by atoms with Gasteiger partial charge in [-0.05, 0) is 51.7 Å². The zero-order valence-corrected chi connectivity index (χ0v) is 12.9. The minimum atomic E-state index is -0.592. The van der Waals surface area contributed by atoms with E-state index >= 15 is 0 Å². The van der Waals surface area contributed by atoms with Crippen molar-refractivity contribution in [3.05, 3.63) is 62.8 Å². The molecule has 1 unspecified atom stereocenters. The van der Waals surface area contributed by atoms with Gasteiger partial charge in [0.2, 0.25) is 0 Å². The lowest BCUT2D eigenvalue weighted by Crippen LogP contribution is -2.03. The standard InChI is InChI=1S/C15H15BrClNO/c1-2-10-3-5-12(18-9-10)8-15(19)11-4-6-13(16)14(17)7-11/h3-7,9,15,19H,2,8H2,1H3. The molecule has 4 heteroatoms. The molecular weight excluding hydrogens is 326 g/mol. The van der Waals surface area contributed by atoms with E-state index in [-0.39, 0.29) is 0 Å². The van der Waals surface area contributed by atoms with E-state index in [0.29, 0.717) is 11.4 Å². The summed E-state index contributed by atoms with van der Waals surface area (Å²) in [6, 6.07) is 9.48. The molecule has 1 atom stereocenters. The molecule has 0 radical (unpaired) electrons. The predicted octanol–water partition coefficient (Wildman–Crippen LogP) is 4.34. The summed E-state index contributed by atoms with van der Waals surface area (Å²) in [5.74, 6) is 0.